The summed E-state index contributed by atoms with van der Waals surface area (Å²) in [6.45, 7) is 3.67. The number of ketones is 1. The number of carbonyl (C=O) groups excluding carboxylic acids is 5. The van der Waals surface area contributed by atoms with E-state index in [2.05, 4.69) is 0 Å². The summed E-state index contributed by atoms with van der Waals surface area (Å²) < 4.78 is 15.7. The van der Waals surface area contributed by atoms with Gasteiger partial charge in [0, 0.05) is 31.7 Å². The highest BCUT2D eigenvalue weighted by atomic mass is 16.5. The van der Waals surface area contributed by atoms with Crippen LogP contribution in [0.25, 0.3) is 0 Å². The molecule has 3 amide bonds. The van der Waals surface area contributed by atoms with E-state index in [1.807, 2.05) is 11.8 Å². The number of piperazine rings is 1. The van der Waals surface area contributed by atoms with E-state index in [9.17, 15) is 24.0 Å². The number of furan rings is 1. The molecule has 2 aliphatic heterocycles. The molecule has 0 saturated carbocycles. The van der Waals surface area contributed by atoms with Gasteiger partial charge >= 0.3 is 5.97 Å². The Labute approximate surface area is 236 Å². The van der Waals surface area contributed by atoms with Crippen LogP contribution in [-0.2, 0) is 14.3 Å². The Morgan fingerprint density at radius 2 is 1.59 bits per heavy atom. The van der Waals surface area contributed by atoms with E-state index in [0.717, 1.165) is 4.90 Å². The van der Waals surface area contributed by atoms with Crippen molar-refractivity contribution >= 4 is 35.2 Å². The number of esters is 1. The highest BCUT2D eigenvalue weighted by Crippen LogP contribution is 2.27. The first kappa shape index (κ1) is 27.8. The predicted molar refractivity (Wildman–Crippen MR) is 146 cm³/mol. The number of imide groups is 1. The fourth-order valence-electron chi connectivity index (χ4n) is 4.91. The van der Waals surface area contributed by atoms with Crippen molar-refractivity contribution in [2.24, 2.45) is 0 Å². The second-order valence-electron chi connectivity index (χ2n) is 9.60. The molecule has 2 aromatic carbocycles. The SMILES string of the molecule is CCOc1ccc(C(=O)COC(=O)c2ccc(N3C(=O)CC(N4CCN(C(=O)c5ccco5)CC4)C3=O)cc2)cc1. The molecule has 1 aromatic heterocycles. The van der Waals surface area contributed by atoms with E-state index in [-0.39, 0.29) is 41.2 Å². The minimum Gasteiger partial charge on any atom is -0.494 e. The second kappa shape index (κ2) is 12.2. The van der Waals surface area contributed by atoms with Gasteiger partial charge in [-0.15, -0.1) is 0 Å². The maximum atomic E-state index is 13.2. The minimum absolute atomic E-state index is 0.0302. The highest BCUT2D eigenvalue weighted by Gasteiger charge is 2.43. The normalized spacial score (nSPS) is 17.5. The van der Waals surface area contributed by atoms with Crippen molar-refractivity contribution in [3.05, 3.63) is 83.8 Å². The lowest BCUT2D eigenvalue weighted by Crippen LogP contribution is -2.53. The molecular weight excluding hydrogens is 530 g/mol. The number of benzene rings is 2. The van der Waals surface area contributed by atoms with Crippen LogP contribution in [0, 0.1) is 0 Å². The molecule has 5 rings (SSSR count). The molecule has 2 fully saturated rings. The van der Waals surface area contributed by atoms with Gasteiger partial charge in [-0.1, -0.05) is 0 Å². The van der Waals surface area contributed by atoms with Crippen LogP contribution in [0.3, 0.4) is 0 Å². The fourth-order valence-corrected chi connectivity index (χ4v) is 4.91. The molecule has 3 heterocycles. The van der Waals surface area contributed by atoms with E-state index >= 15 is 0 Å². The van der Waals surface area contributed by atoms with Gasteiger partial charge in [0.15, 0.2) is 18.2 Å². The van der Waals surface area contributed by atoms with Gasteiger partial charge < -0.3 is 18.8 Å². The molecule has 0 radical (unpaired) electrons. The summed E-state index contributed by atoms with van der Waals surface area (Å²) in [7, 11) is 0. The number of nitrogens with zero attached hydrogens (tertiary/aromatic N) is 3. The second-order valence-corrected chi connectivity index (χ2v) is 9.60. The molecule has 0 aliphatic carbocycles. The van der Waals surface area contributed by atoms with Crippen LogP contribution in [0.4, 0.5) is 5.69 Å². The zero-order valence-corrected chi connectivity index (χ0v) is 22.5. The van der Waals surface area contributed by atoms with Gasteiger partial charge in [-0.05, 0) is 67.6 Å². The zero-order valence-electron chi connectivity index (χ0n) is 22.5. The standard InChI is InChI=1S/C30H29N3O8/c1-2-39-23-11-7-20(8-12-23)25(34)19-41-30(38)21-5-9-22(10-6-21)33-27(35)18-24(28(33)36)31-13-15-32(16-14-31)29(37)26-4-3-17-40-26/h3-12,17,24H,2,13-16,18-19H2,1H3. The molecule has 1 unspecified atom stereocenters. The van der Waals surface area contributed by atoms with Crippen LogP contribution in [-0.4, -0.2) is 84.7 Å². The Balaban J connectivity index is 1.14. The molecule has 2 saturated heterocycles. The summed E-state index contributed by atoms with van der Waals surface area (Å²) in [5.74, 6) is -1.05. The first-order chi connectivity index (χ1) is 19.9. The number of hydrogen-bond donors (Lipinski definition) is 0. The largest absolute Gasteiger partial charge is 0.494 e. The third-order valence-electron chi connectivity index (χ3n) is 7.08. The summed E-state index contributed by atoms with van der Waals surface area (Å²) in [5.41, 5.74) is 0.917. The van der Waals surface area contributed by atoms with Crippen LogP contribution in [0.1, 0.15) is 44.6 Å². The Kier molecular flexibility index (Phi) is 8.25. The summed E-state index contributed by atoms with van der Waals surface area (Å²) in [6.07, 6.45) is 1.48. The van der Waals surface area contributed by atoms with E-state index in [4.69, 9.17) is 13.9 Å². The Hall–Kier alpha value is -4.77. The van der Waals surface area contributed by atoms with Crippen LogP contribution in [0.5, 0.6) is 5.75 Å². The summed E-state index contributed by atoms with van der Waals surface area (Å²) >= 11 is 0. The average molecular weight is 560 g/mol. The first-order valence-electron chi connectivity index (χ1n) is 13.3. The lowest BCUT2D eigenvalue weighted by atomic mass is 10.1. The highest BCUT2D eigenvalue weighted by molar-refractivity contribution is 6.22. The lowest BCUT2D eigenvalue weighted by Gasteiger charge is -2.36. The van der Waals surface area contributed by atoms with Crippen LogP contribution in [0.15, 0.2) is 71.3 Å². The van der Waals surface area contributed by atoms with Gasteiger partial charge in [0.1, 0.15) is 5.75 Å². The number of anilines is 1. The molecule has 41 heavy (non-hydrogen) atoms. The topological polar surface area (TPSA) is 127 Å². The van der Waals surface area contributed by atoms with Gasteiger partial charge in [-0.2, -0.15) is 0 Å². The van der Waals surface area contributed by atoms with Gasteiger partial charge in [-0.25, -0.2) is 9.69 Å². The van der Waals surface area contributed by atoms with Gasteiger partial charge in [0.05, 0.1) is 36.6 Å². The molecule has 0 bridgehead atoms. The Bertz CT molecular complexity index is 1430. The van der Waals surface area contributed by atoms with Crippen molar-refractivity contribution in [1.82, 2.24) is 9.80 Å². The molecule has 11 nitrogen and oxygen atoms in total. The van der Waals surface area contributed by atoms with Crippen molar-refractivity contribution < 1.29 is 37.9 Å². The number of amides is 3. The summed E-state index contributed by atoms with van der Waals surface area (Å²) in [4.78, 5) is 68.2. The van der Waals surface area contributed by atoms with E-state index in [1.54, 1.807) is 41.3 Å². The lowest BCUT2D eigenvalue weighted by molar-refractivity contribution is -0.123. The van der Waals surface area contributed by atoms with Crippen molar-refractivity contribution in [3.8, 4) is 5.75 Å². The molecule has 0 N–H and O–H groups in total. The van der Waals surface area contributed by atoms with Crippen LogP contribution in [0.2, 0.25) is 0 Å². The maximum absolute atomic E-state index is 13.2. The molecule has 11 heteroatoms. The minimum atomic E-state index is -0.699. The molecule has 212 valence electrons. The molecule has 0 spiro atoms. The monoisotopic (exact) mass is 559 g/mol. The number of carbonyl (C=O) groups is 5. The van der Waals surface area contributed by atoms with Gasteiger partial charge in [0.25, 0.3) is 11.8 Å². The van der Waals surface area contributed by atoms with Crippen molar-refractivity contribution in [1.29, 1.82) is 0 Å². The number of hydrogen-bond acceptors (Lipinski definition) is 9. The predicted octanol–water partition coefficient (Wildman–Crippen LogP) is 2.81. The number of ether oxygens (including phenoxy) is 2. The third kappa shape index (κ3) is 6.04. The van der Waals surface area contributed by atoms with E-state index < -0.39 is 18.6 Å². The van der Waals surface area contributed by atoms with Crippen LogP contribution >= 0.6 is 0 Å². The van der Waals surface area contributed by atoms with E-state index in [0.29, 0.717) is 49.8 Å². The van der Waals surface area contributed by atoms with Gasteiger partial charge in [-0.3, -0.25) is 24.1 Å². The molecule has 1 atom stereocenters. The number of Topliss-reactive ketones (excluding diaryl/α,β-unsaturated/α-hetero) is 1. The maximum Gasteiger partial charge on any atom is 0.338 e. The first-order valence-corrected chi connectivity index (χ1v) is 13.3. The quantitative estimate of drug-likeness (QED) is 0.221. The molecular formula is C30H29N3O8. The molecule has 3 aromatic rings. The molecule has 2 aliphatic rings. The number of rotatable bonds is 9. The van der Waals surface area contributed by atoms with Crippen molar-refractivity contribution in [2.45, 2.75) is 19.4 Å². The van der Waals surface area contributed by atoms with Gasteiger partial charge in [0.2, 0.25) is 5.91 Å². The Morgan fingerprint density at radius 3 is 2.22 bits per heavy atom. The summed E-state index contributed by atoms with van der Waals surface area (Å²) in [5, 5.41) is 0. The Morgan fingerprint density at radius 1 is 0.902 bits per heavy atom. The van der Waals surface area contributed by atoms with E-state index in [1.165, 1.54) is 30.5 Å². The summed E-state index contributed by atoms with van der Waals surface area (Å²) in [6, 6.07) is 15.1. The van der Waals surface area contributed by atoms with Crippen LogP contribution < -0.4 is 9.64 Å². The zero-order chi connectivity index (χ0) is 28.9. The van der Waals surface area contributed by atoms with Crippen molar-refractivity contribution in [3.63, 3.8) is 0 Å². The third-order valence-corrected chi connectivity index (χ3v) is 7.08. The fraction of sp³-hybridized carbons (Fsp3) is 0.300. The smallest absolute Gasteiger partial charge is 0.338 e. The average Bonchev–Trinajstić information content (AvgIpc) is 3.64. The van der Waals surface area contributed by atoms with Crippen molar-refractivity contribution in [2.75, 3.05) is 44.3 Å².